The minimum atomic E-state index is -0.474. The van der Waals surface area contributed by atoms with Gasteiger partial charge in [0.1, 0.15) is 0 Å². The highest BCUT2D eigenvalue weighted by Crippen LogP contribution is 2.18. The Morgan fingerprint density at radius 2 is 2.16 bits per heavy atom. The number of nitrogens with zero attached hydrogens (tertiary/aromatic N) is 1. The number of carbonyl (C=O) groups excluding carboxylic acids is 2. The Morgan fingerprint density at radius 1 is 1.37 bits per heavy atom. The van der Waals surface area contributed by atoms with E-state index in [0.29, 0.717) is 11.7 Å². The van der Waals surface area contributed by atoms with Gasteiger partial charge in [-0.15, -0.1) is 0 Å². The number of aromatic nitrogens is 2. The first kappa shape index (κ1) is 13.4. The zero-order valence-electron chi connectivity index (χ0n) is 10.4. The molecule has 19 heavy (non-hydrogen) atoms. The number of H-pyrrole nitrogens is 1. The number of amides is 3. The molecule has 0 atom stereocenters. The number of thioether (sulfide) groups is 1. The van der Waals surface area contributed by atoms with Crippen LogP contribution in [-0.2, 0) is 4.79 Å². The Kier molecular flexibility index (Phi) is 4.40. The van der Waals surface area contributed by atoms with Crippen molar-refractivity contribution in [3.05, 3.63) is 24.3 Å². The number of imidazole rings is 1. The van der Waals surface area contributed by atoms with Crippen LogP contribution in [0, 0.1) is 0 Å². The van der Waals surface area contributed by atoms with Crippen LogP contribution in [0.3, 0.4) is 0 Å². The highest BCUT2D eigenvalue weighted by atomic mass is 32.2. The van der Waals surface area contributed by atoms with Crippen molar-refractivity contribution in [1.29, 1.82) is 0 Å². The van der Waals surface area contributed by atoms with Gasteiger partial charge in [0.2, 0.25) is 5.91 Å². The van der Waals surface area contributed by atoms with Crippen molar-refractivity contribution in [2.45, 2.75) is 12.1 Å². The highest BCUT2D eigenvalue weighted by molar-refractivity contribution is 7.99. The largest absolute Gasteiger partial charge is 0.338 e. The summed E-state index contributed by atoms with van der Waals surface area (Å²) in [6, 6.07) is 7.15. The lowest BCUT2D eigenvalue weighted by Gasteiger charge is -2.03. The lowest BCUT2D eigenvalue weighted by Crippen LogP contribution is -2.40. The number of hydrogen-bond donors (Lipinski definition) is 3. The number of carbonyl (C=O) groups is 2. The van der Waals surface area contributed by atoms with Gasteiger partial charge in [0, 0.05) is 6.54 Å². The van der Waals surface area contributed by atoms with Gasteiger partial charge in [-0.1, -0.05) is 23.9 Å². The maximum absolute atomic E-state index is 11.5. The molecule has 0 fully saturated rings. The number of hydrogen-bond acceptors (Lipinski definition) is 4. The van der Waals surface area contributed by atoms with Crippen molar-refractivity contribution < 1.29 is 9.59 Å². The number of para-hydroxylation sites is 2. The van der Waals surface area contributed by atoms with Crippen LogP contribution < -0.4 is 10.6 Å². The van der Waals surface area contributed by atoms with E-state index in [1.54, 1.807) is 6.92 Å². The van der Waals surface area contributed by atoms with Gasteiger partial charge in [-0.3, -0.25) is 10.1 Å². The van der Waals surface area contributed by atoms with Crippen molar-refractivity contribution in [3.8, 4) is 0 Å². The molecule has 1 heterocycles. The molecule has 0 aliphatic carbocycles. The average Bonchev–Trinajstić information content (AvgIpc) is 2.79. The predicted molar refractivity (Wildman–Crippen MR) is 74.0 cm³/mol. The summed E-state index contributed by atoms with van der Waals surface area (Å²) in [6.45, 7) is 2.27. The molecule has 1 aromatic heterocycles. The van der Waals surface area contributed by atoms with Gasteiger partial charge >= 0.3 is 6.03 Å². The molecule has 0 spiro atoms. The van der Waals surface area contributed by atoms with Crippen molar-refractivity contribution in [1.82, 2.24) is 20.6 Å². The van der Waals surface area contributed by atoms with E-state index in [9.17, 15) is 9.59 Å². The first-order valence-corrected chi connectivity index (χ1v) is 6.83. The molecular formula is C12H14N4O2S. The fourth-order valence-corrected chi connectivity index (χ4v) is 2.18. The van der Waals surface area contributed by atoms with Gasteiger partial charge < -0.3 is 10.3 Å². The fourth-order valence-electron chi connectivity index (χ4n) is 1.50. The molecule has 2 rings (SSSR count). The number of imide groups is 1. The minimum absolute atomic E-state index is 0.136. The summed E-state index contributed by atoms with van der Waals surface area (Å²) in [5, 5.41) is 5.39. The number of urea groups is 1. The van der Waals surface area contributed by atoms with Gasteiger partial charge in [-0.05, 0) is 19.1 Å². The van der Waals surface area contributed by atoms with Gasteiger partial charge in [-0.2, -0.15) is 0 Å². The van der Waals surface area contributed by atoms with E-state index in [2.05, 4.69) is 20.6 Å². The zero-order chi connectivity index (χ0) is 13.7. The van der Waals surface area contributed by atoms with Crippen LogP contribution in [0.25, 0.3) is 11.0 Å². The number of nitrogens with one attached hydrogen (secondary N) is 3. The smallest absolute Gasteiger partial charge is 0.321 e. The van der Waals surface area contributed by atoms with E-state index in [-0.39, 0.29) is 11.7 Å². The molecule has 0 aliphatic heterocycles. The molecule has 0 saturated heterocycles. The fraction of sp³-hybridized carbons (Fsp3) is 0.250. The Morgan fingerprint density at radius 3 is 2.89 bits per heavy atom. The number of aromatic amines is 1. The Labute approximate surface area is 114 Å². The standard InChI is InChI=1S/C12H14N4O2S/c1-2-13-11(18)16-10(17)7-19-12-14-8-5-3-4-6-9(8)15-12/h3-6H,2,7H2,1H3,(H,14,15)(H2,13,16,17,18). The van der Waals surface area contributed by atoms with E-state index in [0.717, 1.165) is 11.0 Å². The molecule has 3 N–H and O–H groups in total. The maximum Gasteiger partial charge on any atom is 0.321 e. The molecule has 1 aromatic carbocycles. The number of rotatable bonds is 4. The molecule has 0 aliphatic rings. The predicted octanol–water partition coefficient (Wildman–Crippen LogP) is 1.50. The van der Waals surface area contributed by atoms with Crippen LogP contribution in [-0.4, -0.2) is 34.2 Å². The van der Waals surface area contributed by atoms with Gasteiger partial charge in [0.15, 0.2) is 5.16 Å². The Bertz CT molecular complexity index is 563. The van der Waals surface area contributed by atoms with Gasteiger partial charge in [-0.25, -0.2) is 9.78 Å². The van der Waals surface area contributed by atoms with Crippen LogP contribution in [0.2, 0.25) is 0 Å². The number of fused-ring (bicyclic) bond motifs is 1. The lowest BCUT2D eigenvalue weighted by atomic mass is 10.3. The van der Waals surface area contributed by atoms with Crippen molar-refractivity contribution >= 4 is 34.7 Å². The van der Waals surface area contributed by atoms with Crippen molar-refractivity contribution in [2.75, 3.05) is 12.3 Å². The normalized spacial score (nSPS) is 10.4. The second-order valence-electron chi connectivity index (χ2n) is 3.76. The third-order valence-corrected chi connectivity index (χ3v) is 3.17. The summed E-state index contributed by atoms with van der Waals surface area (Å²) in [6.07, 6.45) is 0. The van der Waals surface area contributed by atoms with Crippen molar-refractivity contribution in [2.24, 2.45) is 0 Å². The number of benzene rings is 1. The van der Waals surface area contributed by atoms with Crippen LogP contribution in [0.15, 0.2) is 29.4 Å². The van der Waals surface area contributed by atoms with Crippen molar-refractivity contribution in [3.63, 3.8) is 0 Å². The molecule has 7 heteroatoms. The summed E-state index contributed by atoms with van der Waals surface area (Å²) >= 11 is 1.26. The van der Waals surface area contributed by atoms with E-state index in [1.807, 2.05) is 24.3 Å². The summed E-state index contributed by atoms with van der Waals surface area (Å²) in [7, 11) is 0. The van der Waals surface area contributed by atoms with E-state index >= 15 is 0 Å². The molecular weight excluding hydrogens is 264 g/mol. The minimum Gasteiger partial charge on any atom is -0.338 e. The molecule has 100 valence electrons. The lowest BCUT2D eigenvalue weighted by molar-refractivity contribution is -0.117. The zero-order valence-corrected chi connectivity index (χ0v) is 11.2. The Balaban J connectivity index is 1.88. The second kappa shape index (κ2) is 6.24. The summed E-state index contributed by atoms with van der Waals surface area (Å²) in [4.78, 5) is 30.0. The Hall–Kier alpha value is -2.02. The quantitative estimate of drug-likeness (QED) is 0.740. The van der Waals surface area contributed by atoms with Crippen LogP contribution in [0.5, 0.6) is 0 Å². The molecule has 0 unspecified atom stereocenters. The van der Waals surface area contributed by atoms with Crippen LogP contribution in [0.4, 0.5) is 4.79 Å². The molecule has 0 radical (unpaired) electrons. The van der Waals surface area contributed by atoms with Crippen LogP contribution >= 0.6 is 11.8 Å². The molecule has 6 nitrogen and oxygen atoms in total. The maximum atomic E-state index is 11.5. The molecule has 3 amide bonds. The first-order valence-electron chi connectivity index (χ1n) is 5.84. The third-order valence-electron chi connectivity index (χ3n) is 2.30. The second-order valence-corrected chi connectivity index (χ2v) is 4.72. The van der Waals surface area contributed by atoms with Gasteiger partial charge in [0.25, 0.3) is 0 Å². The first-order chi connectivity index (χ1) is 9.19. The van der Waals surface area contributed by atoms with E-state index < -0.39 is 6.03 Å². The molecule has 2 aromatic rings. The van der Waals surface area contributed by atoms with E-state index in [1.165, 1.54) is 11.8 Å². The topological polar surface area (TPSA) is 86.9 Å². The third kappa shape index (κ3) is 3.72. The van der Waals surface area contributed by atoms with Crippen LogP contribution in [0.1, 0.15) is 6.92 Å². The molecule has 0 saturated carbocycles. The van der Waals surface area contributed by atoms with E-state index in [4.69, 9.17) is 0 Å². The SMILES string of the molecule is CCNC(=O)NC(=O)CSc1nc2ccccc2[nH]1. The highest BCUT2D eigenvalue weighted by Gasteiger charge is 2.09. The monoisotopic (exact) mass is 278 g/mol. The summed E-state index contributed by atoms with van der Waals surface area (Å²) in [5.41, 5.74) is 1.78. The molecule has 0 bridgehead atoms. The average molecular weight is 278 g/mol. The van der Waals surface area contributed by atoms with Gasteiger partial charge in [0.05, 0.1) is 16.8 Å². The summed E-state index contributed by atoms with van der Waals surface area (Å²) in [5.74, 6) is -0.215. The summed E-state index contributed by atoms with van der Waals surface area (Å²) < 4.78 is 0.